The van der Waals surface area contributed by atoms with Gasteiger partial charge in [-0.2, -0.15) is 0 Å². The summed E-state index contributed by atoms with van der Waals surface area (Å²) in [6.45, 7) is 3.60. The largest absolute Gasteiger partial charge is 0.496 e. The van der Waals surface area contributed by atoms with Crippen molar-refractivity contribution in [2.45, 2.75) is 31.8 Å². The topological polar surface area (TPSA) is 65.3 Å². The zero-order chi connectivity index (χ0) is 23.2. The van der Waals surface area contributed by atoms with Crippen molar-refractivity contribution in [3.05, 3.63) is 77.5 Å². The number of fused-ring (bicyclic) bond motifs is 3. The van der Waals surface area contributed by atoms with Crippen LogP contribution >= 0.6 is 0 Å². The molecule has 1 fully saturated rings. The maximum absolute atomic E-state index is 5.78. The molecule has 7 nitrogen and oxygen atoms in total. The van der Waals surface area contributed by atoms with Gasteiger partial charge in [0.15, 0.2) is 0 Å². The molecule has 6 rings (SSSR count). The number of hydrogen-bond donors (Lipinski definition) is 0. The Labute approximate surface area is 199 Å². The monoisotopic (exact) mass is 455 g/mol. The zero-order valence-electron chi connectivity index (χ0n) is 19.8. The number of pyridine rings is 1. The number of benzene rings is 1. The number of nitrogens with zero attached hydrogens (tertiary/aromatic N) is 5. The average molecular weight is 456 g/mol. The summed E-state index contributed by atoms with van der Waals surface area (Å²) < 4.78 is 13.4. The molecule has 2 atom stereocenters. The van der Waals surface area contributed by atoms with Crippen molar-refractivity contribution in [3.8, 4) is 11.3 Å². The Morgan fingerprint density at radius 3 is 2.65 bits per heavy atom. The van der Waals surface area contributed by atoms with Gasteiger partial charge in [0.25, 0.3) is 0 Å². The van der Waals surface area contributed by atoms with E-state index in [1.54, 1.807) is 7.11 Å². The van der Waals surface area contributed by atoms with Crippen LogP contribution in [0.4, 0.5) is 5.69 Å². The molecule has 1 unspecified atom stereocenters. The van der Waals surface area contributed by atoms with E-state index in [9.17, 15) is 0 Å². The molecule has 0 radical (unpaired) electrons. The van der Waals surface area contributed by atoms with Crippen molar-refractivity contribution in [1.82, 2.24) is 20.0 Å². The second kappa shape index (κ2) is 8.40. The minimum Gasteiger partial charge on any atom is -0.496 e. The molecule has 0 saturated carbocycles. The van der Waals surface area contributed by atoms with E-state index in [-0.39, 0.29) is 12.1 Å². The number of aryl methyl sites for hydroxylation is 2. The second-order valence-electron chi connectivity index (χ2n) is 9.24. The first-order valence-electron chi connectivity index (χ1n) is 11.9. The lowest BCUT2D eigenvalue weighted by Crippen LogP contribution is -2.39. The first-order chi connectivity index (χ1) is 16.7. The fourth-order valence-corrected chi connectivity index (χ4v) is 5.83. The molecule has 0 amide bonds. The van der Waals surface area contributed by atoms with Gasteiger partial charge < -0.3 is 14.4 Å². The Hall–Kier alpha value is -3.45. The van der Waals surface area contributed by atoms with E-state index in [4.69, 9.17) is 14.5 Å². The van der Waals surface area contributed by atoms with Crippen LogP contribution in [0.3, 0.4) is 0 Å². The molecule has 0 N–H and O–H groups in total. The van der Waals surface area contributed by atoms with Gasteiger partial charge in [-0.05, 0) is 43.4 Å². The van der Waals surface area contributed by atoms with Crippen LogP contribution < -0.4 is 4.90 Å². The third kappa shape index (κ3) is 3.26. The second-order valence-corrected chi connectivity index (χ2v) is 9.24. The predicted molar refractivity (Wildman–Crippen MR) is 131 cm³/mol. The molecule has 174 valence electrons. The molecule has 7 heteroatoms. The van der Waals surface area contributed by atoms with Crippen molar-refractivity contribution >= 4 is 11.3 Å². The van der Waals surface area contributed by atoms with Crippen molar-refractivity contribution in [3.63, 3.8) is 0 Å². The summed E-state index contributed by atoms with van der Waals surface area (Å²) in [5.41, 5.74) is 7.52. The van der Waals surface area contributed by atoms with Crippen molar-refractivity contribution in [1.29, 1.82) is 0 Å². The minimum atomic E-state index is 0.0894. The van der Waals surface area contributed by atoms with Gasteiger partial charge in [0.2, 0.25) is 0 Å². The highest BCUT2D eigenvalue weighted by Gasteiger charge is 2.45. The van der Waals surface area contributed by atoms with E-state index < -0.39 is 0 Å². The molecule has 1 aliphatic carbocycles. The number of ether oxygens (including phenoxy) is 2. The Bertz CT molecular complexity index is 1250. The maximum Gasteiger partial charge on any atom is 0.126 e. The molecule has 0 bridgehead atoms. The van der Waals surface area contributed by atoms with Crippen LogP contribution in [0.25, 0.3) is 16.8 Å². The van der Waals surface area contributed by atoms with E-state index in [0.29, 0.717) is 5.92 Å². The van der Waals surface area contributed by atoms with E-state index in [1.165, 1.54) is 5.56 Å². The lowest BCUT2D eigenvalue weighted by atomic mass is 9.85. The van der Waals surface area contributed by atoms with Crippen LogP contribution in [-0.2, 0) is 16.5 Å². The smallest absolute Gasteiger partial charge is 0.126 e. The molecular formula is C27H29N5O2. The lowest BCUT2D eigenvalue weighted by molar-refractivity contribution is 0.0572. The van der Waals surface area contributed by atoms with Gasteiger partial charge in [0.1, 0.15) is 5.76 Å². The van der Waals surface area contributed by atoms with Gasteiger partial charge in [-0.3, -0.25) is 4.98 Å². The lowest BCUT2D eigenvalue weighted by Gasteiger charge is -2.41. The van der Waals surface area contributed by atoms with Crippen LogP contribution in [0, 0.1) is 12.8 Å². The summed E-state index contributed by atoms with van der Waals surface area (Å²) in [7, 11) is 3.67. The molecular weight excluding hydrogens is 426 g/mol. The number of methoxy groups -OCH3 is 1. The first-order valence-corrected chi connectivity index (χ1v) is 11.9. The highest BCUT2D eigenvalue weighted by molar-refractivity contribution is 5.93. The molecule has 1 saturated heterocycles. The highest BCUT2D eigenvalue weighted by atomic mass is 16.5. The quantitative estimate of drug-likeness (QED) is 0.566. The first kappa shape index (κ1) is 21.1. The number of allylic oxidation sites excluding steroid dienone is 1. The SMILES string of the molecule is COC1=C2c3ncc(-c4c(C)nnn4C)cc3N([C@H](c3ccccc3)C3CCOCC3)C2C=C1. The van der Waals surface area contributed by atoms with E-state index >= 15 is 0 Å². The van der Waals surface area contributed by atoms with Crippen molar-refractivity contribution in [2.75, 3.05) is 25.2 Å². The fraction of sp³-hybridized carbons (Fsp3) is 0.370. The molecule has 2 aromatic heterocycles. The summed E-state index contributed by atoms with van der Waals surface area (Å²) in [4.78, 5) is 7.56. The van der Waals surface area contributed by atoms with Crippen molar-refractivity contribution in [2.24, 2.45) is 13.0 Å². The molecule has 3 aliphatic rings. The van der Waals surface area contributed by atoms with Crippen LogP contribution in [-0.4, -0.2) is 46.3 Å². The van der Waals surface area contributed by atoms with Gasteiger partial charge in [0.05, 0.1) is 42.0 Å². The number of hydrogen-bond acceptors (Lipinski definition) is 6. The highest BCUT2D eigenvalue weighted by Crippen LogP contribution is 2.52. The number of aromatic nitrogens is 4. The number of anilines is 1. The third-order valence-corrected chi connectivity index (χ3v) is 7.33. The molecule has 1 aromatic carbocycles. The minimum absolute atomic E-state index is 0.0894. The normalized spacial score (nSPS) is 20.6. The molecule has 0 spiro atoms. The Morgan fingerprint density at radius 1 is 1.15 bits per heavy atom. The zero-order valence-corrected chi connectivity index (χ0v) is 19.8. The van der Waals surface area contributed by atoms with Gasteiger partial charge in [-0.25, -0.2) is 4.68 Å². The van der Waals surface area contributed by atoms with Crippen LogP contribution in [0.15, 0.2) is 60.5 Å². The van der Waals surface area contributed by atoms with Gasteiger partial charge in [0, 0.05) is 37.6 Å². The average Bonchev–Trinajstić information content (AvgIpc) is 3.53. The van der Waals surface area contributed by atoms with E-state index in [1.807, 2.05) is 24.9 Å². The summed E-state index contributed by atoms with van der Waals surface area (Å²) in [5.74, 6) is 1.37. The Balaban J connectivity index is 1.55. The van der Waals surface area contributed by atoms with Crippen LogP contribution in [0.1, 0.15) is 35.8 Å². The Morgan fingerprint density at radius 2 is 1.94 bits per heavy atom. The standard InChI is InChI=1S/C27H29N5O2/c1-17-26(31(2)30-29-17)20-15-22-25(28-16-20)24-21(9-10-23(24)33-3)32(22)27(18-7-5-4-6-8-18)19-11-13-34-14-12-19/h4-10,15-16,19,21,27H,11-14H2,1-3H3/t21?,27-/m1/s1. The molecule has 3 aromatic rings. The summed E-state index contributed by atoms with van der Waals surface area (Å²) in [6.07, 6.45) is 8.36. The third-order valence-electron chi connectivity index (χ3n) is 7.33. The Kier molecular flexibility index (Phi) is 5.21. The molecule has 34 heavy (non-hydrogen) atoms. The van der Waals surface area contributed by atoms with E-state index in [2.05, 4.69) is 63.8 Å². The predicted octanol–water partition coefficient (Wildman–Crippen LogP) is 4.47. The van der Waals surface area contributed by atoms with Crippen LogP contribution in [0.2, 0.25) is 0 Å². The number of rotatable bonds is 5. The van der Waals surface area contributed by atoms with Crippen molar-refractivity contribution < 1.29 is 9.47 Å². The summed E-state index contributed by atoms with van der Waals surface area (Å²) in [5, 5.41) is 8.48. The van der Waals surface area contributed by atoms with Crippen LogP contribution in [0.5, 0.6) is 0 Å². The van der Waals surface area contributed by atoms with Gasteiger partial charge in [-0.15, -0.1) is 5.10 Å². The van der Waals surface area contributed by atoms with Gasteiger partial charge >= 0.3 is 0 Å². The summed E-state index contributed by atoms with van der Waals surface area (Å²) >= 11 is 0. The molecule has 4 heterocycles. The van der Waals surface area contributed by atoms with Gasteiger partial charge in [-0.1, -0.05) is 41.6 Å². The summed E-state index contributed by atoms with van der Waals surface area (Å²) in [6, 6.07) is 13.4. The maximum atomic E-state index is 5.78. The molecule has 2 aliphatic heterocycles. The van der Waals surface area contributed by atoms with E-state index in [0.717, 1.165) is 65.7 Å². The fourth-order valence-electron chi connectivity index (χ4n) is 5.83.